The summed E-state index contributed by atoms with van der Waals surface area (Å²) < 4.78 is 35.5. The van der Waals surface area contributed by atoms with E-state index in [-0.39, 0.29) is 17.9 Å². The highest BCUT2D eigenvalue weighted by Crippen LogP contribution is 2.20. The number of hydrogen-bond acceptors (Lipinski definition) is 6. The van der Waals surface area contributed by atoms with Crippen molar-refractivity contribution in [2.45, 2.75) is 20.0 Å². The van der Waals surface area contributed by atoms with Gasteiger partial charge in [-0.25, -0.2) is 18.0 Å². The van der Waals surface area contributed by atoms with Crippen molar-refractivity contribution in [3.63, 3.8) is 0 Å². The third-order valence-electron chi connectivity index (χ3n) is 4.06. The quantitative estimate of drug-likeness (QED) is 0.503. The van der Waals surface area contributed by atoms with E-state index in [0.29, 0.717) is 16.5 Å². The number of carbonyl (C=O) groups is 1. The van der Waals surface area contributed by atoms with Crippen molar-refractivity contribution in [3.05, 3.63) is 75.6 Å². The van der Waals surface area contributed by atoms with Crippen LogP contribution in [0.25, 0.3) is 11.0 Å². The molecule has 0 saturated heterocycles. The summed E-state index contributed by atoms with van der Waals surface area (Å²) in [5, 5.41) is 0.692. The second-order valence-electron chi connectivity index (χ2n) is 6.31. The minimum absolute atomic E-state index is 0.115. The number of anilines is 1. The van der Waals surface area contributed by atoms with Crippen molar-refractivity contribution in [1.29, 1.82) is 0 Å². The predicted octanol–water partition coefficient (Wildman–Crippen LogP) is 3.08. The van der Waals surface area contributed by atoms with Crippen LogP contribution in [0.3, 0.4) is 0 Å². The Hall–Kier alpha value is -3.13. The molecule has 0 unspecified atom stereocenters. The van der Waals surface area contributed by atoms with Crippen molar-refractivity contribution in [3.8, 4) is 0 Å². The van der Waals surface area contributed by atoms with Gasteiger partial charge in [0.25, 0.3) is 0 Å². The first kappa shape index (κ1) is 19.6. The average Bonchev–Trinajstić information content (AvgIpc) is 2.64. The van der Waals surface area contributed by atoms with Gasteiger partial charge in [0, 0.05) is 22.7 Å². The van der Waals surface area contributed by atoms with Gasteiger partial charge in [-0.3, -0.25) is 4.72 Å². The largest absolute Gasteiger partial charge is 0.457 e. The third-order valence-corrected chi connectivity index (χ3v) is 4.67. The molecule has 7 nitrogen and oxygen atoms in total. The number of benzene rings is 2. The smallest absolute Gasteiger partial charge is 0.338 e. The summed E-state index contributed by atoms with van der Waals surface area (Å²) in [5.74, 6) is -0.635. The minimum atomic E-state index is -3.46. The maximum absolute atomic E-state index is 12.4. The number of esters is 1. The summed E-state index contributed by atoms with van der Waals surface area (Å²) >= 11 is 0. The Bertz CT molecular complexity index is 1200. The maximum Gasteiger partial charge on any atom is 0.338 e. The Morgan fingerprint density at radius 1 is 1.14 bits per heavy atom. The van der Waals surface area contributed by atoms with Gasteiger partial charge in [-0.2, -0.15) is 0 Å². The van der Waals surface area contributed by atoms with Crippen LogP contribution in [0.15, 0.2) is 57.7 Å². The summed E-state index contributed by atoms with van der Waals surface area (Å²) in [6.45, 7) is 1.88. The molecule has 8 heteroatoms. The number of nitrogens with one attached hydrogen (secondary N) is 1. The number of sulfonamides is 1. The monoisotopic (exact) mass is 401 g/mol. The molecule has 1 aromatic heterocycles. The topological polar surface area (TPSA) is 103 Å². The number of ether oxygens (including phenoxy) is 1. The Balaban J connectivity index is 1.82. The van der Waals surface area contributed by atoms with Crippen LogP contribution in [-0.4, -0.2) is 20.6 Å². The highest BCUT2D eigenvalue weighted by atomic mass is 32.2. The molecule has 1 heterocycles. The van der Waals surface area contributed by atoms with Crippen molar-refractivity contribution in [2.75, 3.05) is 11.0 Å². The van der Waals surface area contributed by atoms with Crippen LogP contribution in [0.4, 0.5) is 5.69 Å². The highest BCUT2D eigenvalue weighted by Gasteiger charge is 2.12. The molecule has 0 radical (unpaired) electrons. The van der Waals surface area contributed by atoms with Crippen molar-refractivity contribution >= 4 is 32.6 Å². The van der Waals surface area contributed by atoms with Gasteiger partial charge in [0.05, 0.1) is 11.8 Å². The van der Waals surface area contributed by atoms with Crippen molar-refractivity contribution < 1.29 is 22.4 Å². The van der Waals surface area contributed by atoms with E-state index in [0.717, 1.165) is 18.2 Å². The molecule has 146 valence electrons. The third kappa shape index (κ3) is 4.77. The predicted molar refractivity (Wildman–Crippen MR) is 106 cm³/mol. The standard InChI is InChI=1S/C20H19NO6S/c1-3-13-7-8-17-15(11-19(22)27-18(17)9-13)12-26-20(23)14-5-4-6-16(10-14)21-28(2,24)25/h4-11,21H,3,12H2,1-2H3. The molecule has 0 fully saturated rings. The Morgan fingerprint density at radius 2 is 1.93 bits per heavy atom. The van der Waals surface area contributed by atoms with Gasteiger partial charge in [-0.05, 0) is 36.2 Å². The van der Waals surface area contributed by atoms with E-state index in [1.165, 1.54) is 24.3 Å². The molecule has 1 N–H and O–H groups in total. The van der Waals surface area contributed by atoms with Crippen molar-refractivity contribution in [1.82, 2.24) is 0 Å². The normalized spacial score (nSPS) is 11.4. The van der Waals surface area contributed by atoms with Gasteiger partial charge in [0.2, 0.25) is 10.0 Å². The van der Waals surface area contributed by atoms with E-state index in [1.54, 1.807) is 12.1 Å². The van der Waals surface area contributed by atoms with Crippen LogP contribution in [0, 0.1) is 0 Å². The second kappa shape index (κ2) is 7.85. The number of hydrogen-bond donors (Lipinski definition) is 1. The Labute approximate surface area is 162 Å². The minimum Gasteiger partial charge on any atom is -0.457 e. The SMILES string of the molecule is CCc1ccc2c(COC(=O)c3cccc(NS(C)(=O)=O)c3)cc(=O)oc2c1. The van der Waals surface area contributed by atoms with Crippen LogP contribution < -0.4 is 10.3 Å². The summed E-state index contributed by atoms with van der Waals surface area (Å²) in [4.78, 5) is 24.2. The summed E-state index contributed by atoms with van der Waals surface area (Å²) in [7, 11) is -3.46. The van der Waals surface area contributed by atoms with Gasteiger partial charge in [-0.1, -0.05) is 25.1 Å². The van der Waals surface area contributed by atoms with Crippen LogP contribution in [-0.2, 0) is 27.8 Å². The lowest BCUT2D eigenvalue weighted by molar-refractivity contribution is 0.0474. The van der Waals surface area contributed by atoms with E-state index in [2.05, 4.69) is 4.72 Å². The molecule has 0 aliphatic carbocycles. The number of aryl methyl sites for hydroxylation is 1. The summed E-state index contributed by atoms with van der Waals surface area (Å²) in [6.07, 6.45) is 1.82. The summed E-state index contributed by atoms with van der Waals surface area (Å²) in [6, 6.07) is 12.8. The Morgan fingerprint density at radius 3 is 2.64 bits per heavy atom. The summed E-state index contributed by atoms with van der Waals surface area (Å²) in [5.41, 5.74) is 1.93. The van der Waals surface area contributed by atoms with Gasteiger partial charge >= 0.3 is 11.6 Å². The van der Waals surface area contributed by atoms with Crippen molar-refractivity contribution in [2.24, 2.45) is 0 Å². The lowest BCUT2D eigenvalue weighted by atomic mass is 10.1. The first-order valence-electron chi connectivity index (χ1n) is 8.56. The van der Waals surface area contributed by atoms with Gasteiger partial charge in [0.15, 0.2) is 0 Å². The highest BCUT2D eigenvalue weighted by molar-refractivity contribution is 7.92. The van der Waals surface area contributed by atoms with Crippen LogP contribution in [0.5, 0.6) is 0 Å². The van der Waals surface area contributed by atoms with E-state index in [1.807, 2.05) is 19.1 Å². The fraction of sp³-hybridized carbons (Fsp3) is 0.200. The molecule has 0 aliphatic rings. The Kier molecular flexibility index (Phi) is 5.51. The molecular weight excluding hydrogens is 382 g/mol. The zero-order valence-corrected chi connectivity index (χ0v) is 16.2. The molecular formula is C20H19NO6S. The lowest BCUT2D eigenvalue weighted by Gasteiger charge is -2.09. The number of fused-ring (bicyclic) bond motifs is 1. The maximum atomic E-state index is 12.4. The zero-order valence-electron chi connectivity index (χ0n) is 15.4. The molecule has 3 rings (SSSR count). The molecule has 3 aromatic rings. The molecule has 0 spiro atoms. The fourth-order valence-electron chi connectivity index (χ4n) is 2.76. The first-order valence-corrected chi connectivity index (χ1v) is 10.4. The molecule has 0 amide bonds. The fourth-order valence-corrected chi connectivity index (χ4v) is 3.32. The molecule has 0 aliphatic heterocycles. The first-order chi connectivity index (χ1) is 13.2. The molecule has 0 saturated carbocycles. The van der Waals surface area contributed by atoms with E-state index < -0.39 is 21.6 Å². The molecule has 2 aromatic carbocycles. The molecule has 0 atom stereocenters. The van der Waals surface area contributed by atoms with E-state index >= 15 is 0 Å². The lowest BCUT2D eigenvalue weighted by Crippen LogP contribution is -2.11. The zero-order chi connectivity index (χ0) is 20.3. The number of rotatable bonds is 6. The second-order valence-corrected chi connectivity index (χ2v) is 8.05. The average molecular weight is 401 g/mol. The van der Waals surface area contributed by atoms with Crippen LogP contribution >= 0.6 is 0 Å². The van der Waals surface area contributed by atoms with Crippen LogP contribution in [0.2, 0.25) is 0 Å². The van der Waals surface area contributed by atoms with Gasteiger partial charge < -0.3 is 9.15 Å². The van der Waals surface area contributed by atoms with Crippen LogP contribution in [0.1, 0.15) is 28.4 Å². The van der Waals surface area contributed by atoms with Gasteiger partial charge in [-0.15, -0.1) is 0 Å². The van der Waals surface area contributed by atoms with E-state index in [4.69, 9.17) is 9.15 Å². The molecule has 28 heavy (non-hydrogen) atoms. The molecule has 0 bridgehead atoms. The number of carbonyl (C=O) groups excluding carboxylic acids is 1. The van der Waals surface area contributed by atoms with Gasteiger partial charge in [0.1, 0.15) is 12.2 Å². The van der Waals surface area contributed by atoms with E-state index in [9.17, 15) is 18.0 Å².